The number of hydrogen-bond donors (Lipinski definition) is 3. The van der Waals surface area contributed by atoms with Gasteiger partial charge in [-0.1, -0.05) is 19.8 Å². The Morgan fingerprint density at radius 3 is 2.65 bits per heavy atom. The van der Waals surface area contributed by atoms with Crippen molar-refractivity contribution in [3.05, 3.63) is 0 Å². The molecule has 0 spiro atoms. The van der Waals surface area contributed by atoms with Gasteiger partial charge in [0, 0.05) is 6.04 Å². The van der Waals surface area contributed by atoms with Gasteiger partial charge >= 0.3 is 6.03 Å². The Kier molecular flexibility index (Phi) is 5.21. The van der Waals surface area contributed by atoms with E-state index in [-0.39, 0.29) is 18.7 Å². The summed E-state index contributed by atoms with van der Waals surface area (Å²) in [6, 6.07) is -0.0949. The summed E-state index contributed by atoms with van der Waals surface area (Å²) in [7, 11) is 0. The Bertz CT molecular complexity index is 251. The summed E-state index contributed by atoms with van der Waals surface area (Å²) < 4.78 is 0. The van der Waals surface area contributed by atoms with Gasteiger partial charge in [-0.15, -0.1) is 0 Å². The third kappa shape index (κ3) is 5.89. The Hall–Kier alpha value is -0.810. The fourth-order valence-electron chi connectivity index (χ4n) is 2.01. The van der Waals surface area contributed by atoms with E-state index in [2.05, 4.69) is 17.7 Å². The van der Waals surface area contributed by atoms with E-state index in [0.717, 1.165) is 12.8 Å². The molecular formula is C12H24N2O3. The Labute approximate surface area is 103 Å². The first-order chi connectivity index (χ1) is 7.88. The molecule has 2 atom stereocenters. The summed E-state index contributed by atoms with van der Waals surface area (Å²) in [5.74, 6) is 0.517. The van der Waals surface area contributed by atoms with Crippen molar-refractivity contribution >= 4 is 6.03 Å². The highest BCUT2D eigenvalue weighted by molar-refractivity contribution is 5.73. The molecule has 0 heterocycles. The van der Waals surface area contributed by atoms with Crippen molar-refractivity contribution < 1.29 is 14.7 Å². The van der Waals surface area contributed by atoms with Gasteiger partial charge in [0.2, 0.25) is 0 Å². The average molecular weight is 244 g/mol. The van der Waals surface area contributed by atoms with Gasteiger partial charge < -0.3 is 10.4 Å². The molecular weight excluding hydrogens is 220 g/mol. The molecule has 2 amide bonds. The van der Waals surface area contributed by atoms with E-state index in [9.17, 15) is 9.90 Å². The van der Waals surface area contributed by atoms with Crippen LogP contribution in [0.4, 0.5) is 4.79 Å². The van der Waals surface area contributed by atoms with Gasteiger partial charge in [0.15, 0.2) is 0 Å². The van der Waals surface area contributed by atoms with Crippen molar-refractivity contribution in [1.82, 2.24) is 10.8 Å². The second-order valence-electron chi connectivity index (χ2n) is 5.54. The number of carbonyl (C=O) groups excluding carboxylic acids is 1. The lowest BCUT2D eigenvalue weighted by Gasteiger charge is -2.29. The largest absolute Gasteiger partial charge is 0.388 e. The molecule has 1 rings (SSSR count). The molecule has 1 saturated carbocycles. The zero-order valence-corrected chi connectivity index (χ0v) is 11.0. The molecule has 0 aromatic carbocycles. The van der Waals surface area contributed by atoms with E-state index in [4.69, 9.17) is 4.84 Å². The third-order valence-corrected chi connectivity index (χ3v) is 3.02. The molecule has 0 aliphatic heterocycles. The van der Waals surface area contributed by atoms with Gasteiger partial charge in [0.1, 0.15) is 6.61 Å². The number of carbonyl (C=O) groups is 1. The summed E-state index contributed by atoms with van der Waals surface area (Å²) in [5.41, 5.74) is 1.36. The fraction of sp³-hybridized carbons (Fsp3) is 0.917. The second-order valence-corrected chi connectivity index (χ2v) is 5.54. The number of aliphatic hydroxyl groups is 1. The van der Waals surface area contributed by atoms with E-state index >= 15 is 0 Å². The van der Waals surface area contributed by atoms with Gasteiger partial charge in [0.25, 0.3) is 0 Å². The molecule has 0 unspecified atom stereocenters. The van der Waals surface area contributed by atoms with Crippen LogP contribution in [0.2, 0.25) is 0 Å². The maximum Gasteiger partial charge on any atom is 0.338 e. The minimum atomic E-state index is -0.939. The zero-order chi connectivity index (χ0) is 12.9. The molecule has 1 aliphatic rings. The highest BCUT2D eigenvalue weighted by atomic mass is 16.7. The summed E-state index contributed by atoms with van der Waals surface area (Å²) in [5, 5.41) is 12.3. The van der Waals surface area contributed by atoms with E-state index in [1.54, 1.807) is 13.8 Å². The first kappa shape index (κ1) is 14.3. The molecule has 0 aromatic rings. The predicted octanol–water partition coefficient (Wildman–Crippen LogP) is 1.57. The summed E-state index contributed by atoms with van der Waals surface area (Å²) in [6.45, 7) is 5.47. The highest BCUT2D eigenvalue weighted by Gasteiger charge is 2.23. The molecule has 0 aromatic heterocycles. The van der Waals surface area contributed by atoms with Crippen LogP contribution in [0.3, 0.4) is 0 Å². The average Bonchev–Trinajstić information content (AvgIpc) is 2.19. The maximum atomic E-state index is 11.5. The fourth-order valence-corrected chi connectivity index (χ4v) is 2.01. The van der Waals surface area contributed by atoms with E-state index in [1.165, 1.54) is 12.8 Å². The SMILES string of the molecule is C[C@H]1CCCC[C@H]1NC(=O)NOCC(C)(C)O. The van der Waals surface area contributed by atoms with Crippen molar-refractivity contribution in [3.63, 3.8) is 0 Å². The number of amides is 2. The van der Waals surface area contributed by atoms with Gasteiger partial charge in [-0.2, -0.15) is 0 Å². The summed E-state index contributed by atoms with van der Waals surface area (Å²) in [6.07, 6.45) is 4.60. The van der Waals surface area contributed by atoms with Crippen LogP contribution >= 0.6 is 0 Å². The van der Waals surface area contributed by atoms with Crippen molar-refractivity contribution in [3.8, 4) is 0 Å². The van der Waals surface area contributed by atoms with Crippen LogP contribution in [0.5, 0.6) is 0 Å². The molecule has 5 nitrogen and oxygen atoms in total. The summed E-state index contributed by atoms with van der Waals surface area (Å²) >= 11 is 0. The Morgan fingerprint density at radius 1 is 1.41 bits per heavy atom. The normalized spacial score (nSPS) is 25.4. The monoisotopic (exact) mass is 244 g/mol. The van der Waals surface area contributed by atoms with Crippen LogP contribution in [0.15, 0.2) is 0 Å². The molecule has 1 fully saturated rings. The van der Waals surface area contributed by atoms with Crippen LogP contribution in [-0.4, -0.2) is 29.4 Å². The van der Waals surface area contributed by atoms with Gasteiger partial charge in [-0.25, -0.2) is 10.3 Å². The minimum absolute atomic E-state index is 0.0701. The molecule has 0 radical (unpaired) electrons. The van der Waals surface area contributed by atoms with Crippen LogP contribution in [-0.2, 0) is 4.84 Å². The van der Waals surface area contributed by atoms with E-state index in [1.807, 2.05) is 0 Å². The predicted molar refractivity (Wildman–Crippen MR) is 65.3 cm³/mol. The molecule has 100 valence electrons. The van der Waals surface area contributed by atoms with Gasteiger partial charge in [-0.3, -0.25) is 4.84 Å². The lowest BCUT2D eigenvalue weighted by molar-refractivity contribution is -0.0487. The van der Waals surface area contributed by atoms with Crippen LogP contribution in [0.1, 0.15) is 46.5 Å². The molecule has 3 N–H and O–H groups in total. The standard InChI is InChI=1S/C12H24N2O3/c1-9-6-4-5-7-10(9)13-11(15)14-17-8-12(2,3)16/h9-10,16H,4-8H2,1-3H3,(H2,13,14,15)/t9-,10+/m0/s1. The number of rotatable bonds is 4. The quantitative estimate of drug-likeness (QED) is 0.657. The lowest BCUT2D eigenvalue weighted by atomic mass is 9.86. The molecule has 0 bridgehead atoms. The Morgan fingerprint density at radius 2 is 2.06 bits per heavy atom. The van der Waals surface area contributed by atoms with E-state index in [0.29, 0.717) is 5.92 Å². The number of hydroxylamine groups is 1. The number of urea groups is 1. The smallest absolute Gasteiger partial charge is 0.338 e. The van der Waals surface area contributed by atoms with Crippen molar-refractivity contribution in [2.24, 2.45) is 5.92 Å². The second kappa shape index (κ2) is 6.21. The molecule has 5 heteroatoms. The van der Waals surface area contributed by atoms with Crippen LogP contribution in [0.25, 0.3) is 0 Å². The van der Waals surface area contributed by atoms with Crippen molar-refractivity contribution in [2.75, 3.05) is 6.61 Å². The van der Waals surface area contributed by atoms with E-state index < -0.39 is 5.60 Å². The van der Waals surface area contributed by atoms with Gasteiger partial charge in [0.05, 0.1) is 5.60 Å². The maximum absolute atomic E-state index is 11.5. The zero-order valence-electron chi connectivity index (χ0n) is 11.0. The first-order valence-electron chi connectivity index (χ1n) is 6.29. The van der Waals surface area contributed by atoms with Crippen LogP contribution in [0, 0.1) is 5.92 Å². The highest BCUT2D eigenvalue weighted by Crippen LogP contribution is 2.23. The van der Waals surface area contributed by atoms with Crippen LogP contribution < -0.4 is 10.8 Å². The number of hydrogen-bond acceptors (Lipinski definition) is 3. The molecule has 17 heavy (non-hydrogen) atoms. The topological polar surface area (TPSA) is 70.6 Å². The van der Waals surface area contributed by atoms with Crippen molar-refractivity contribution in [1.29, 1.82) is 0 Å². The van der Waals surface area contributed by atoms with Gasteiger partial charge in [-0.05, 0) is 32.6 Å². The minimum Gasteiger partial charge on any atom is -0.388 e. The van der Waals surface area contributed by atoms with Crippen molar-refractivity contribution in [2.45, 2.75) is 58.1 Å². The lowest BCUT2D eigenvalue weighted by Crippen LogP contribution is -2.47. The summed E-state index contributed by atoms with van der Waals surface area (Å²) in [4.78, 5) is 16.4. The third-order valence-electron chi connectivity index (χ3n) is 3.02. The number of nitrogens with one attached hydrogen (secondary N) is 2. The Balaban J connectivity index is 2.20. The first-order valence-corrected chi connectivity index (χ1v) is 6.29. The molecule has 0 saturated heterocycles. The molecule has 1 aliphatic carbocycles.